The van der Waals surface area contributed by atoms with Crippen LogP contribution in [0.1, 0.15) is 271 Å². The van der Waals surface area contributed by atoms with Gasteiger partial charge in [0, 0.05) is 31.8 Å². The van der Waals surface area contributed by atoms with E-state index >= 15 is 0 Å². The average molecular weight is 832 g/mol. The molecule has 2 fully saturated rings. The van der Waals surface area contributed by atoms with E-state index in [9.17, 15) is 0 Å². The molecular weight excluding hydrogens is 732 g/mol. The second kappa shape index (κ2) is 47.7. The summed E-state index contributed by atoms with van der Waals surface area (Å²) in [6.07, 6.45) is 55.7. The van der Waals surface area contributed by atoms with E-state index in [2.05, 4.69) is 22.9 Å². The molecule has 0 N–H and O–H groups in total. The Hall–Kier alpha value is 0.320. The van der Waals surface area contributed by atoms with Gasteiger partial charge >= 0.3 is 0 Å². The normalized spacial score (nSPS) is 17.2. The van der Waals surface area contributed by atoms with Crippen molar-refractivity contribution in [2.75, 3.05) is 31.8 Å². The van der Waals surface area contributed by atoms with Gasteiger partial charge in [-0.1, -0.05) is 229 Å². The van der Waals surface area contributed by atoms with Crippen LogP contribution in [0.25, 0.3) is 0 Å². The maximum absolute atomic E-state index is 5.82. The molecule has 4 nitrogen and oxygen atoms in total. The van der Waals surface area contributed by atoms with Crippen LogP contribution in [0, 0.1) is 0 Å². The molecule has 0 aromatic carbocycles. The number of rotatable bonds is 39. The van der Waals surface area contributed by atoms with Crippen molar-refractivity contribution in [3.8, 4) is 0 Å². The summed E-state index contributed by atoms with van der Waals surface area (Å²) in [7, 11) is 0. The van der Waals surface area contributed by atoms with E-state index in [4.69, 9.17) is 18.9 Å². The monoisotopic (exact) mass is 831 g/mol. The van der Waals surface area contributed by atoms with Crippen molar-refractivity contribution in [2.45, 2.75) is 284 Å². The van der Waals surface area contributed by atoms with E-state index in [1.807, 2.05) is 0 Å². The van der Waals surface area contributed by atoms with Gasteiger partial charge in [0.15, 0.2) is 12.6 Å². The Labute approximate surface area is 349 Å². The number of hydrogen-bond acceptors (Lipinski definition) is 4. The number of ether oxygens (including phenoxy) is 4. The molecule has 326 valence electrons. The molecule has 2 unspecified atom stereocenters. The third kappa shape index (κ3) is 41.9. The van der Waals surface area contributed by atoms with Gasteiger partial charge in [0.2, 0.25) is 0 Å². The molecule has 0 amide bonds. The third-order valence-corrected chi connectivity index (χ3v) is 12.0. The van der Waals surface area contributed by atoms with Gasteiger partial charge in [-0.25, -0.2) is 0 Å². The molecule has 0 radical (unpaired) electrons. The summed E-state index contributed by atoms with van der Waals surface area (Å²) >= 11 is 3.47. The van der Waals surface area contributed by atoms with E-state index in [0.29, 0.717) is 0 Å². The number of hydrogen-bond donors (Lipinski definition) is 0. The van der Waals surface area contributed by atoms with Crippen LogP contribution in [0.4, 0.5) is 0 Å². The summed E-state index contributed by atoms with van der Waals surface area (Å²) in [6.45, 7) is 5.86. The molecule has 0 aromatic heterocycles. The van der Waals surface area contributed by atoms with Crippen molar-refractivity contribution in [1.82, 2.24) is 0 Å². The van der Waals surface area contributed by atoms with Crippen molar-refractivity contribution < 1.29 is 18.9 Å². The van der Waals surface area contributed by atoms with Crippen LogP contribution in [0.15, 0.2) is 0 Å². The summed E-state index contributed by atoms with van der Waals surface area (Å²) in [5.41, 5.74) is 0. The number of unbranched alkanes of at least 4 members (excludes halogenated alkanes) is 32. The molecule has 0 aromatic rings. The SMILES string of the molecule is BrCCCCCCCCCCOC1CCCCO1.C.CCCCCCCCCCCCCCCCCCCCCCCCCCCCOC1CCCCO1. The molecular formula is C49H99BrO4. The van der Waals surface area contributed by atoms with Gasteiger partial charge < -0.3 is 18.9 Å². The molecule has 2 aliphatic rings. The Morgan fingerprint density at radius 1 is 0.370 bits per heavy atom. The lowest BCUT2D eigenvalue weighted by Gasteiger charge is -2.22. The fourth-order valence-corrected chi connectivity index (χ4v) is 8.19. The molecule has 5 heteroatoms. The van der Waals surface area contributed by atoms with Crippen LogP contribution in [0.2, 0.25) is 0 Å². The van der Waals surface area contributed by atoms with Crippen molar-refractivity contribution in [2.24, 2.45) is 0 Å². The predicted octanol–water partition coefficient (Wildman–Crippen LogP) is 17.4. The summed E-state index contributed by atoms with van der Waals surface area (Å²) in [5.74, 6) is 0. The first kappa shape index (κ1) is 54.3. The van der Waals surface area contributed by atoms with Crippen LogP contribution < -0.4 is 0 Å². The summed E-state index contributed by atoms with van der Waals surface area (Å²) in [4.78, 5) is 0. The van der Waals surface area contributed by atoms with Gasteiger partial charge in [-0.3, -0.25) is 0 Å². The fraction of sp³-hybridized carbons (Fsp3) is 1.00. The zero-order valence-corrected chi connectivity index (χ0v) is 37.6. The first-order chi connectivity index (χ1) is 26.4. The van der Waals surface area contributed by atoms with Gasteiger partial charge in [-0.15, -0.1) is 0 Å². The lowest BCUT2D eigenvalue weighted by atomic mass is 10.0. The maximum atomic E-state index is 5.82. The lowest BCUT2D eigenvalue weighted by molar-refractivity contribution is -0.163. The zero-order valence-electron chi connectivity index (χ0n) is 36.0. The largest absolute Gasteiger partial charge is 0.353 e. The topological polar surface area (TPSA) is 36.9 Å². The van der Waals surface area contributed by atoms with Gasteiger partial charge in [0.05, 0.1) is 0 Å². The minimum absolute atomic E-state index is 0. The van der Waals surface area contributed by atoms with Crippen LogP contribution in [-0.4, -0.2) is 44.3 Å². The number of alkyl halides is 1. The summed E-state index contributed by atoms with van der Waals surface area (Å²) in [6, 6.07) is 0. The average Bonchev–Trinajstić information content (AvgIpc) is 3.19. The number of halogens is 1. The Morgan fingerprint density at radius 2 is 0.630 bits per heavy atom. The molecule has 2 saturated heterocycles. The minimum Gasteiger partial charge on any atom is -0.353 e. The van der Waals surface area contributed by atoms with Gasteiger partial charge in [0.25, 0.3) is 0 Å². The van der Waals surface area contributed by atoms with Gasteiger partial charge in [-0.2, -0.15) is 0 Å². The molecule has 0 aliphatic carbocycles. The summed E-state index contributed by atoms with van der Waals surface area (Å²) < 4.78 is 22.7. The highest BCUT2D eigenvalue weighted by Gasteiger charge is 2.14. The van der Waals surface area contributed by atoms with Gasteiger partial charge in [0.1, 0.15) is 0 Å². The molecule has 0 bridgehead atoms. The van der Waals surface area contributed by atoms with Crippen molar-refractivity contribution in [1.29, 1.82) is 0 Å². The highest BCUT2D eigenvalue weighted by atomic mass is 79.9. The van der Waals surface area contributed by atoms with E-state index in [1.54, 1.807) is 0 Å². The van der Waals surface area contributed by atoms with Crippen LogP contribution in [0.3, 0.4) is 0 Å². The minimum atomic E-state index is 0. The highest BCUT2D eigenvalue weighted by molar-refractivity contribution is 9.09. The van der Waals surface area contributed by atoms with E-state index in [0.717, 1.165) is 44.6 Å². The summed E-state index contributed by atoms with van der Waals surface area (Å²) in [5, 5.41) is 1.16. The molecule has 2 atom stereocenters. The zero-order chi connectivity index (χ0) is 37.8. The lowest BCUT2D eigenvalue weighted by Crippen LogP contribution is -2.22. The van der Waals surface area contributed by atoms with Gasteiger partial charge in [-0.05, 0) is 57.8 Å². The van der Waals surface area contributed by atoms with E-state index < -0.39 is 0 Å². The smallest absolute Gasteiger partial charge is 0.157 e. The predicted molar refractivity (Wildman–Crippen MR) is 242 cm³/mol. The standard InChI is InChI=1S/C33H66O2.C15H29BrO2.CH4/c1-2-3-4-5-6-7-8-9-10-11-12-13-14-15-16-17-18-19-20-21-22-23-24-25-26-28-31-34-33-30-27-29-32-35-33;16-12-8-5-3-1-2-4-6-9-13-17-15-11-7-10-14-18-15;/h33H,2-32H2,1H3;15H,1-14H2;1H4. The van der Waals surface area contributed by atoms with Crippen molar-refractivity contribution >= 4 is 15.9 Å². The van der Waals surface area contributed by atoms with Crippen LogP contribution >= 0.6 is 15.9 Å². The Kier molecular flexibility index (Phi) is 48.0. The first-order valence-corrected chi connectivity index (χ1v) is 25.5. The quantitative estimate of drug-likeness (QED) is 0.0457. The highest BCUT2D eigenvalue weighted by Crippen LogP contribution is 2.18. The van der Waals surface area contributed by atoms with E-state index in [-0.39, 0.29) is 20.0 Å². The van der Waals surface area contributed by atoms with E-state index in [1.165, 1.54) is 244 Å². The third-order valence-electron chi connectivity index (χ3n) is 11.4. The molecule has 54 heavy (non-hydrogen) atoms. The molecule has 0 spiro atoms. The molecule has 2 heterocycles. The second-order valence-electron chi connectivity index (χ2n) is 16.7. The fourth-order valence-electron chi connectivity index (χ4n) is 7.79. The van der Waals surface area contributed by atoms with Crippen LogP contribution in [-0.2, 0) is 18.9 Å². The van der Waals surface area contributed by atoms with Crippen molar-refractivity contribution in [3.05, 3.63) is 0 Å². The maximum Gasteiger partial charge on any atom is 0.157 e. The first-order valence-electron chi connectivity index (χ1n) is 24.4. The Morgan fingerprint density at radius 3 is 0.870 bits per heavy atom. The van der Waals surface area contributed by atoms with Crippen LogP contribution in [0.5, 0.6) is 0 Å². The molecule has 2 aliphatic heterocycles. The molecule has 0 saturated carbocycles. The Bertz CT molecular complexity index is 652. The van der Waals surface area contributed by atoms with Crippen molar-refractivity contribution in [3.63, 3.8) is 0 Å². The Balaban J connectivity index is 0.00000124. The second-order valence-corrected chi connectivity index (χ2v) is 17.5. The molecule has 2 rings (SSSR count).